The summed E-state index contributed by atoms with van der Waals surface area (Å²) in [6.07, 6.45) is 1.05. The van der Waals surface area contributed by atoms with Crippen molar-refractivity contribution in [3.05, 3.63) is 117 Å². The largest absolute Gasteiger partial charge is 0.503 e. The van der Waals surface area contributed by atoms with Gasteiger partial charge >= 0.3 is 0 Å². The Morgan fingerprint density at radius 1 is 1.07 bits per heavy atom. The highest BCUT2D eigenvalue weighted by atomic mass is 35.5. The molecule has 0 bridgehead atoms. The van der Waals surface area contributed by atoms with Gasteiger partial charge in [-0.25, -0.2) is 13.4 Å². The van der Waals surface area contributed by atoms with Crippen LogP contribution in [0.2, 0.25) is 5.02 Å². The van der Waals surface area contributed by atoms with E-state index in [0.717, 1.165) is 35.4 Å². The molecule has 3 aromatic carbocycles. The van der Waals surface area contributed by atoms with Gasteiger partial charge in [0, 0.05) is 22.7 Å². The average molecular weight is 612 g/mol. The van der Waals surface area contributed by atoms with Gasteiger partial charge in [0.15, 0.2) is 16.7 Å². The number of nitro benzene ring substituents is 1. The molecule has 1 aliphatic rings. The smallest absolute Gasteiger partial charge is 0.296 e. The Hall–Kier alpha value is -4.59. The molecular formula is C27H18ClN3O8S2. The zero-order valence-corrected chi connectivity index (χ0v) is 23.3. The first kappa shape index (κ1) is 28.0. The van der Waals surface area contributed by atoms with Crippen LogP contribution in [0.15, 0.2) is 99.4 Å². The molecule has 0 fully saturated rings. The number of aromatic nitrogens is 1. The van der Waals surface area contributed by atoms with E-state index in [4.69, 9.17) is 16.3 Å². The van der Waals surface area contributed by atoms with Gasteiger partial charge in [-0.1, -0.05) is 35.1 Å². The summed E-state index contributed by atoms with van der Waals surface area (Å²) < 4.78 is 31.5. The molecule has 11 nitrogen and oxygen atoms in total. The molecule has 208 valence electrons. The molecule has 1 aliphatic heterocycles. The highest BCUT2D eigenvalue weighted by molar-refractivity contribution is 7.93. The molecule has 5 rings (SSSR count). The fraction of sp³-hybridized carbons (Fsp3) is 0.0741. The van der Waals surface area contributed by atoms with Gasteiger partial charge in [-0.05, 0) is 54.1 Å². The number of anilines is 1. The number of carbonyl (C=O) groups excluding carboxylic acids is 2. The number of ether oxygens (including phenoxy) is 1. The lowest BCUT2D eigenvalue weighted by atomic mass is 9.93. The van der Waals surface area contributed by atoms with Crippen molar-refractivity contribution in [2.45, 2.75) is 15.1 Å². The fourth-order valence-electron chi connectivity index (χ4n) is 4.24. The Morgan fingerprint density at radius 2 is 1.71 bits per heavy atom. The number of Topliss-reactive ketones (excluding diaryl/α,β-unsaturated/α-hetero) is 1. The van der Waals surface area contributed by atoms with E-state index in [1.807, 2.05) is 0 Å². The molecule has 41 heavy (non-hydrogen) atoms. The number of halogens is 1. The number of rotatable bonds is 8. The summed E-state index contributed by atoms with van der Waals surface area (Å²) >= 11 is 6.60. The molecule has 0 saturated heterocycles. The van der Waals surface area contributed by atoms with Gasteiger partial charge in [-0.15, -0.1) is 0 Å². The van der Waals surface area contributed by atoms with Crippen LogP contribution < -0.4 is 9.64 Å². The number of methoxy groups -OCH3 is 1. The predicted molar refractivity (Wildman–Crippen MR) is 149 cm³/mol. The average Bonchev–Trinajstić information content (AvgIpc) is 3.56. The molecule has 1 unspecified atom stereocenters. The number of amides is 1. The third kappa shape index (κ3) is 5.06. The summed E-state index contributed by atoms with van der Waals surface area (Å²) in [5, 5.41) is 22.2. The first-order valence-electron chi connectivity index (χ1n) is 11.7. The lowest BCUT2D eigenvalue weighted by Gasteiger charge is -2.24. The number of benzene rings is 3. The van der Waals surface area contributed by atoms with Crippen molar-refractivity contribution in [2.75, 3.05) is 12.0 Å². The standard InChI is InChI=1S/C27H18ClN3O8S2/c1-39-19-10-4-15(5-11-19)23-22(24(32)16-2-6-17(28)7-3-16)25(33)26(34)30(23)27-29-14-21(40-27)41(37,38)20-12-8-18(9-13-20)31(35)36/h2-14,23,33H,1H3. The Morgan fingerprint density at radius 3 is 2.29 bits per heavy atom. The van der Waals surface area contributed by atoms with Crippen LogP contribution in [-0.2, 0) is 14.6 Å². The lowest BCUT2D eigenvalue weighted by molar-refractivity contribution is -0.384. The van der Waals surface area contributed by atoms with Gasteiger partial charge in [0.2, 0.25) is 9.84 Å². The normalized spacial score (nSPS) is 15.3. The van der Waals surface area contributed by atoms with Crippen LogP contribution >= 0.6 is 22.9 Å². The molecular weight excluding hydrogens is 594 g/mol. The number of nitrogens with zero attached hydrogens (tertiary/aromatic N) is 3. The Bertz CT molecular complexity index is 1820. The number of aliphatic hydroxyl groups is 1. The van der Waals surface area contributed by atoms with Crippen LogP contribution in [0.1, 0.15) is 22.0 Å². The number of aliphatic hydroxyl groups excluding tert-OH is 1. The van der Waals surface area contributed by atoms with Crippen LogP contribution in [0.25, 0.3) is 0 Å². The second kappa shape index (κ2) is 10.8. The van der Waals surface area contributed by atoms with Gasteiger partial charge in [0.1, 0.15) is 9.96 Å². The van der Waals surface area contributed by atoms with E-state index < -0.39 is 38.3 Å². The van der Waals surface area contributed by atoms with Crippen molar-refractivity contribution < 1.29 is 32.8 Å². The first-order chi connectivity index (χ1) is 19.5. The predicted octanol–water partition coefficient (Wildman–Crippen LogP) is 5.33. The molecule has 0 radical (unpaired) electrons. The minimum Gasteiger partial charge on any atom is -0.503 e. The highest BCUT2D eigenvalue weighted by Crippen LogP contribution is 2.44. The van der Waals surface area contributed by atoms with Crippen LogP contribution in [0, 0.1) is 10.1 Å². The Balaban J connectivity index is 1.58. The van der Waals surface area contributed by atoms with E-state index >= 15 is 0 Å². The van der Waals surface area contributed by atoms with Crippen molar-refractivity contribution in [3.63, 3.8) is 0 Å². The third-order valence-corrected chi connectivity index (χ3v) is 9.77. The quantitative estimate of drug-likeness (QED) is 0.158. The molecule has 0 saturated carbocycles. The summed E-state index contributed by atoms with van der Waals surface area (Å²) in [6, 6.07) is 15.5. The Kier molecular flexibility index (Phi) is 7.34. The molecule has 4 aromatic rings. The summed E-state index contributed by atoms with van der Waals surface area (Å²) in [5.74, 6) is -1.88. The minimum atomic E-state index is -4.17. The number of non-ortho nitro benzene ring substituents is 1. The number of sulfone groups is 1. The molecule has 2 heterocycles. The van der Waals surface area contributed by atoms with Crippen LogP contribution in [0.4, 0.5) is 10.8 Å². The monoisotopic (exact) mass is 611 g/mol. The molecule has 1 aromatic heterocycles. The number of ketones is 1. The van der Waals surface area contributed by atoms with Crippen molar-refractivity contribution in [2.24, 2.45) is 0 Å². The molecule has 14 heteroatoms. The molecule has 0 spiro atoms. The van der Waals surface area contributed by atoms with Crippen LogP contribution in [0.5, 0.6) is 5.75 Å². The van der Waals surface area contributed by atoms with Crippen molar-refractivity contribution in [1.82, 2.24) is 4.98 Å². The first-order valence-corrected chi connectivity index (χ1v) is 14.4. The van der Waals surface area contributed by atoms with E-state index in [-0.39, 0.29) is 31.1 Å². The lowest BCUT2D eigenvalue weighted by Crippen LogP contribution is -2.30. The molecule has 1 atom stereocenters. The third-order valence-electron chi connectivity index (χ3n) is 6.29. The molecule has 0 aliphatic carbocycles. The van der Waals surface area contributed by atoms with E-state index in [9.17, 15) is 33.2 Å². The fourth-order valence-corrected chi connectivity index (χ4v) is 6.91. The topological polar surface area (TPSA) is 157 Å². The highest BCUT2D eigenvalue weighted by Gasteiger charge is 2.46. The maximum Gasteiger partial charge on any atom is 0.296 e. The number of thiazole rings is 1. The van der Waals surface area contributed by atoms with E-state index in [2.05, 4.69) is 4.98 Å². The number of carbonyl (C=O) groups is 2. The van der Waals surface area contributed by atoms with E-state index in [1.165, 1.54) is 31.4 Å². The molecule has 1 N–H and O–H groups in total. The number of nitro groups is 1. The second-order valence-corrected chi connectivity index (χ2v) is 12.3. The molecule has 1 amide bonds. The van der Waals surface area contributed by atoms with Gasteiger partial charge in [0.05, 0.1) is 34.7 Å². The summed E-state index contributed by atoms with van der Waals surface area (Å²) in [4.78, 5) is 42.3. The van der Waals surface area contributed by atoms with Crippen LogP contribution in [0.3, 0.4) is 0 Å². The zero-order chi connectivity index (χ0) is 29.5. The second-order valence-electron chi connectivity index (χ2n) is 8.67. The summed E-state index contributed by atoms with van der Waals surface area (Å²) in [5.41, 5.74) is 0.0935. The van der Waals surface area contributed by atoms with Gasteiger partial charge in [0.25, 0.3) is 11.6 Å². The number of hydrogen-bond donors (Lipinski definition) is 1. The number of hydrogen-bond acceptors (Lipinski definition) is 10. The SMILES string of the molecule is COc1ccc(C2C(C(=O)c3ccc(Cl)cc3)=C(O)C(=O)N2c2ncc(S(=O)(=O)c3ccc([N+](=O)[O-])cc3)s2)cc1. The van der Waals surface area contributed by atoms with E-state index in [1.54, 1.807) is 24.3 Å². The van der Waals surface area contributed by atoms with Gasteiger partial charge in [-0.2, -0.15) is 0 Å². The van der Waals surface area contributed by atoms with Gasteiger partial charge in [-0.3, -0.25) is 24.6 Å². The summed E-state index contributed by atoms with van der Waals surface area (Å²) in [7, 11) is -2.69. The van der Waals surface area contributed by atoms with Crippen molar-refractivity contribution in [1.29, 1.82) is 0 Å². The van der Waals surface area contributed by atoms with Gasteiger partial charge < -0.3 is 9.84 Å². The zero-order valence-electron chi connectivity index (χ0n) is 20.9. The van der Waals surface area contributed by atoms with Crippen LogP contribution in [-0.4, -0.2) is 42.2 Å². The van der Waals surface area contributed by atoms with E-state index in [0.29, 0.717) is 27.7 Å². The maximum absolute atomic E-state index is 13.6. The van der Waals surface area contributed by atoms with Crippen molar-refractivity contribution >= 4 is 55.3 Å². The minimum absolute atomic E-state index is 0.0956. The summed E-state index contributed by atoms with van der Waals surface area (Å²) in [6.45, 7) is 0. The Labute approximate surface area is 242 Å². The maximum atomic E-state index is 13.6. The van der Waals surface area contributed by atoms with Crippen molar-refractivity contribution in [3.8, 4) is 5.75 Å².